The summed E-state index contributed by atoms with van der Waals surface area (Å²) in [6.45, 7) is 3.88. The Kier molecular flexibility index (Phi) is 3.52. The molecule has 0 spiro atoms. The van der Waals surface area contributed by atoms with Gasteiger partial charge in [-0.1, -0.05) is 12.1 Å². The highest BCUT2D eigenvalue weighted by Gasteiger charge is 2.03. The second-order valence-corrected chi connectivity index (χ2v) is 4.02. The van der Waals surface area contributed by atoms with E-state index in [4.69, 9.17) is 0 Å². The second-order valence-electron chi connectivity index (χ2n) is 4.02. The minimum absolute atomic E-state index is 0.359. The Morgan fingerprint density at radius 1 is 0.889 bits per heavy atom. The lowest BCUT2D eigenvalue weighted by Gasteiger charge is -2.06. The van der Waals surface area contributed by atoms with Crippen LogP contribution in [0.4, 0.5) is 16.4 Å². The third-order valence-corrected chi connectivity index (χ3v) is 2.31. The topological polar surface area (TPSA) is 66.9 Å². The van der Waals surface area contributed by atoms with Gasteiger partial charge in [0.25, 0.3) is 0 Å². The molecule has 0 aliphatic heterocycles. The van der Waals surface area contributed by atoms with Crippen molar-refractivity contribution in [3.63, 3.8) is 0 Å². The van der Waals surface area contributed by atoms with Gasteiger partial charge in [-0.2, -0.15) is 0 Å². The van der Waals surface area contributed by atoms with E-state index in [1.807, 2.05) is 26.0 Å². The molecular formula is C13H14N4O. The number of nitrogens with zero attached hydrogens (tertiary/aromatic N) is 2. The standard InChI is InChI=1S/C13H14N4O/c1-9-3-5-11(14-7-9)16-13(18)17-12-6-4-10(2)8-15-12/h3-8H,1-2H3,(H2,14,15,16,17,18). The quantitative estimate of drug-likeness (QED) is 0.850. The van der Waals surface area contributed by atoms with Gasteiger partial charge >= 0.3 is 6.03 Å². The molecule has 0 aromatic carbocycles. The Balaban J connectivity index is 1.96. The van der Waals surface area contributed by atoms with Crippen molar-refractivity contribution in [2.24, 2.45) is 0 Å². The minimum Gasteiger partial charge on any atom is -0.292 e. The molecule has 0 radical (unpaired) electrons. The van der Waals surface area contributed by atoms with Crippen LogP contribution < -0.4 is 10.6 Å². The maximum Gasteiger partial charge on any atom is 0.326 e. The Bertz CT molecular complexity index is 484. The van der Waals surface area contributed by atoms with Gasteiger partial charge in [-0.05, 0) is 37.1 Å². The molecule has 0 fully saturated rings. The van der Waals surface area contributed by atoms with Crippen LogP contribution in [0.25, 0.3) is 0 Å². The van der Waals surface area contributed by atoms with Crippen LogP contribution in [0.3, 0.4) is 0 Å². The molecule has 0 saturated carbocycles. The Morgan fingerprint density at radius 2 is 1.33 bits per heavy atom. The van der Waals surface area contributed by atoms with E-state index in [9.17, 15) is 4.79 Å². The maximum atomic E-state index is 11.6. The largest absolute Gasteiger partial charge is 0.326 e. The molecule has 0 aliphatic rings. The van der Waals surface area contributed by atoms with Gasteiger partial charge in [-0.3, -0.25) is 10.6 Å². The first-order valence-electron chi connectivity index (χ1n) is 5.57. The van der Waals surface area contributed by atoms with E-state index in [2.05, 4.69) is 20.6 Å². The molecule has 2 rings (SSSR count). The van der Waals surface area contributed by atoms with Crippen molar-refractivity contribution in [1.29, 1.82) is 0 Å². The second kappa shape index (κ2) is 5.27. The van der Waals surface area contributed by atoms with Crippen LogP contribution in [0.5, 0.6) is 0 Å². The maximum absolute atomic E-state index is 11.6. The minimum atomic E-state index is -0.359. The summed E-state index contributed by atoms with van der Waals surface area (Å²) in [5.74, 6) is 1.01. The number of carbonyl (C=O) groups is 1. The molecule has 5 nitrogen and oxygen atoms in total. The van der Waals surface area contributed by atoms with Gasteiger partial charge in [0.15, 0.2) is 0 Å². The van der Waals surface area contributed by atoms with E-state index in [0.29, 0.717) is 11.6 Å². The molecule has 2 N–H and O–H groups in total. The number of urea groups is 1. The molecule has 2 amide bonds. The summed E-state index contributed by atoms with van der Waals surface area (Å²) in [6, 6.07) is 6.90. The molecule has 92 valence electrons. The first-order chi connectivity index (χ1) is 8.63. The first-order valence-corrected chi connectivity index (χ1v) is 5.57. The first kappa shape index (κ1) is 12.0. The number of aryl methyl sites for hydroxylation is 2. The number of carbonyl (C=O) groups excluding carboxylic acids is 1. The van der Waals surface area contributed by atoms with Gasteiger partial charge in [0, 0.05) is 12.4 Å². The van der Waals surface area contributed by atoms with Crippen LogP contribution in [0.1, 0.15) is 11.1 Å². The van der Waals surface area contributed by atoms with Gasteiger partial charge in [0.2, 0.25) is 0 Å². The van der Waals surface area contributed by atoms with Crippen molar-refractivity contribution < 1.29 is 4.79 Å². The average molecular weight is 242 g/mol. The fourth-order valence-electron chi connectivity index (χ4n) is 1.35. The van der Waals surface area contributed by atoms with Crippen LogP contribution in [0, 0.1) is 13.8 Å². The van der Waals surface area contributed by atoms with Gasteiger partial charge in [0.05, 0.1) is 0 Å². The summed E-state index contributed by atoms with van der Waals surface area (Å²) < 4.78 is 0. The zero-order chi connectivity index (χ0) is 13.0. The zero-order valence-corrected chi connectivity index (χ0v) is 10.3. The van der Waals surface area contributed by atoms with Crippen LogP contribution >= 0.6 is 0 Å². The van der Waals surface area contributed by atoms with Crippen molar-refractivity contribution in [2.45, 2.75) is 13.8 Å². The lowest BCUT2D eigenvalue weighted by Crippen LogP contribution is -2.20. The van der Waals surface area contributed by atoms with Gasteiger partial charge in [-0.15, -0.1) is 0 Å². The lowest BCUT2D eigenvalue weighted by molar-refractivity contribution is 0.262. The predicted octanol–water partition coefficient (Wildman–Crippen LogP) is 2.74. The summed E-state index contributed by atoms with van der Waals surface area (Å²) in [5.41, 5.74) is 2.09. The lowest BCUT2D eigenvalue weighted by atomic mass is 10.3. The van der Waals surface area contributed by atoms with Crippen molar-refractivity contribution >= 4 is 17.7 Å². The molecule has 2 heterocycles. The van der Waals surface area contributed by atoms with Crippen molar-refractivity contribution in [3.8, 4) is 0 Å². The number of aromatic nitrogens is 2. The SMILES string of the molecule is Cc1ccc(NC(=O)Nc2ccc(C)cn2)nc1. The highest BCUT2D eigenvalue weighted by Crippen LogP contribution is 2.06. The molecule has 18 heavy (non-hydrogen) atoms. The predicted molar refractivity (Wildman–Crippen MR) is 70.6 cm³/mol. The Labute approximate surface area is 105 Å². The highest BCUT2D eigenvalue weighted by molar-refractivity contribution is 5.98. The van der Waals surface area contributed by atoms with Crippen molar-refractivity contribution in [3.05, 3.63) is 47.8 Å². The monoisotopic (exact) mass is 242 g/mol. The Hall–Kier alpha value is -2.43. The number of hydrogen-bond acceptors (Lipinski definition) is 3. The van der Waals surface area contributed by atoms with E-state index in [1.165, 1.54) is 0 Å². The van der Waals surface area contributed by atoms with Gasteiger partial charge < -0.3 is 0 Å². The number of nitrogens with one attached hydrogen (secondary N) is 2. The molecule has 0 atom stereocenters. The third-order valence-electron chi connectivity index (χ3n) is 2.31. The van der Waals surface area contributed by atoms with E-state index in [1.54, 1.807) is 24.5 Å². The number of anilines is 2. The zero-order valence-electron chi connectivity index (χ0n) is 10.3. The smallest absolute Gasteiger partial charge is 0.292 e. The molecule has 5 heteroatoms. The molecule has 2 aromatic heterocycles. The normalized spacial score (nSPS) is 9.89. The molecule has 0 unspecified atom stereocenters. The van der Waals surface area contributed by atoms with E-state index < -0.39 is 0 Å². The summed E-state index contributed by atoms with van der Waals surface area (Å²) in [6.07, 6.45) is 3.39. The molecule has 0 saturated heterocycles. The third kappa shape index (κ3) is 3.28. The van der Waals surface area contributed by atoms with Gasteiger partial charge in [0.1, 0.15) is 11.6 Å². The highest BCUT2D eigenvalue weighted by atomic mass is 16.2. The van der Waals surface area contributed by atoms with Crippen LogP contribution in [0.2, 0.25) is 0 Å². The van der Waals surface area contributed by atoms with Crippen molar-refractivity contribution in [2.75, 3.05) is 10.6 Å². The Morgan fingerprint density at radius 3 is 1.67 bits per heavy atom. The summed E-state index contributed by atoms with van der Waals surface area (Å²) in [5, 5.41) is 5.26. The van der Waals surface area contributed by atoms with Crippen LogP contribution in [-0.4, -0.2) is 16.0 Å². The fourth-order valence-corrected chi connectivity index (χ4v) is 1.35. The van der Waals surface area contributed by atoms with Crippen LogP contribution in [0.15, 0.2) is 36.7 Å². The van der Waals surface area contributed by atoms with E-state index in [0.717, 1.165) is 11.1 Å². The van der Waals surface area contributed by atoms with E-state index in [-0.39, 0.29) is 6.03 Å². The number of rotatable bonds is 2. The summed E-state index contributed by atoms with van der Waals surface area (Å²) in [7, 11) is 0. The number of hydrogen-bond donors (Lipinski definition) is 2. The summed E-state index contributed by atoms with van der Waals surface area (Å²) >= 11 is 0. The molecule has 2 aromatic rings. The van der Waals surface area contributed by atoms with Crippen LogP contribution in [-0.2, 0) is 0 Å². The number of pyridine rings is 2. The van der Waals surface area contributed by atoms with E-state index >= 15 is 0 Å². The summed E-state index contributed by atoms with van der Waals surface area (Å²) in [4.78, 5) is 19.8. The molecule has 0 bridgehead atoms. The van der Waals surface area contributed by atoms with Gasteiger partial charge in [-0.25, -0.2) is 14.8 Å². The number of amides is 2. The average Bonchev–Trinajstić information content (AvgIpc) is 2.35. The van der Waals surface area contributed by atoms with Crippen molar-refractivity contribution in [1.82, 2.24) is 9.97 Å². The molecule has 0 aliphatic carbocycles. The molecular weight excluding hydrogens is 228 g/mol. The fraction of sp³-hybridized carbons (Fsp3) is 0.154.